The van der Waals surface area contributed by atoms with E-state index in [0.717, 1.165) is 5.56 Å². The standard InChI is InChI=1S/C19H15FN4O2/c1-25-17-8-3-13(9-18(17)26-2)11-22-19-16(10-21)23-12-24(19)15-6-4-14(20)5-7-15/h3-9,11-12H,1-2H3. The molecule has 0 spiro atoms. The van der Waals surface area contributed by atoms with Gasteiger partial charge < -0.3 is 9.47 Å². The Morgan fingerprint density at radius 1 is 1.12 bits per heavy atom. The number of halogens is 1. The highest BCUT2D eigenvalue weighted by Gasteiger charge is 2.11. The molecule has 0 aliphatic carbocycles. The first-order chi connectivity index (χ1) is 12.7. The van der Waals surface area contributed by atoms with Crippen LogP contribution < -0.4 is 9.47 Å². The predicted molar refractivity (Wildman–Crippen MR) is 95.0 cm³/mol. The molecule has 0 aliphatic rings. The Morgan fingerprint density at radius 2 is 1.85 bits per heavy atom. The van der Waals surface area contributed by atoms with Crippen molar-refractivity contribution in [2.24, 2.45) is 4.99 Å². The maximum atomic E-state index is 13.1. The minimum atomic E-state index is -0.343. The van der Waals surface area contributed by atoms with Crippen LogP contribution in [0.25, 0.3) is 5.69 Å². The molecular formula is C19H15FN4O2. The lowest BCUT2D eigenvalue weighted by atomic mass is 10.2. The number of imidazole rings is 1. The molecule has 0 atom stereocenters. The number of aliphatic imine (C=N–C) groups is 1. The fourth-order valence-corrected chi connectivity index (χ4v) is 2.40. The van der Waals surface area contributed by atoms with Crippen molar-refractivity contribution in [2.75, 3.05) is 14.2 Å². The monoisotopic (exact) mass is 350 g/mol. The molecule has 130 valence electrons. The van der Waals surface area contributed by atoms with Crippen LogP contribution in [0, 0.1) is 17.1 Å². The van der Waals surface area contributed by atoms with E-state index in [0.29, 0.717) is 23.0 Å². The summed E-state index contributed by atoms with van der Waals surface area (Å²) < 4.78 is 25.2. The first-order valence-electron chi connectivity index (χ1n) is 7.65. The van der Waals surface area contributed by atoms with Crippen molar-refractivity contribution in [2.45, 2.75) is 0 Å². The summed E-state index contributed by atoms with van der Waals surface area (Å²) in [5, 5.41) is 9.27. The highest BCUT2D eigenvalue weighted by atomic mass is 19.1. The largest absolute Gasteiger partial charge is 0.493 e. The van der Waals surface area contributed by atoms with Gasteiger partial charge in [-0.1, -0.05) is 0 Å². The van der Waals surface area contributed by atoms with Crippen LogP contribution >= 0.6 is 0 Å². The van der Waals surface area contributed by atoms with Gasteiger partial charge in [-0.2, -0.15) is 5.26 Å². The van der Waals surface area contributed by atoms with Crippen LogP contribution in [0.4, 0.5) is 10.2 Å². The Labute approximate surface area is 149 Å². The van der Waals surface area contributed by atoms with E-state index >= 15 is 0 Å². The Balaban J connectivity index is 1.99. The van der Waals surface area contributed by atoms with E-state index in [2.05, 4.69) is 9.98 Å². The van der Waals surface area contributed by atoms with Crippen molar-refractivity contribution in [3.05, 3.63) is 65.9 Å². The normalized spacial score (nSPS) is 10.7. The molecule has 0 saturated carbocycles. The lowest BCUT2D eigenvalue weighted by Gasteiger charge is -2.08. The van der Waals surface area contributed by atoms with Gasteiger partial charge in [0.2, 0.25) is 0 Å². The number of benzene rings is 2. The molecule has 26 heavy (non-hydrogen) atoms. The third-order valence-corrected chi connectivity index (χ3v) is 3.70. The van der Waals surface area contributed by atoms with E-state index in [9.17, 15) is 9.65 Å². The minimum absolute atomic E-state index is 0.172. The molecule has 0 aliphatic heterocycles. The topological polar surface area (TPSA) is 72.4 Å². The van der Waals surface area contributed by atoms with Gasteiger partial charge in [-0.25, -0.2) is 14.4 Å². The quantitative estimate of drug-likeness (QED) is 0.659. The van der Waals surface area contributed by atoms with Crippen molar-refractivity contribution >= 4 is 12.0 Å². The highest BCUT2D eigenvalue weighted by molar-refractivity contribution is 5.83. The second kappa shape index (κ2) is 7.49. The second-order valence-electron chi connectivity index (χ2n) is 5.25. The number of ether oxygens (including phenoxy) is 2. The molecular weight excluding hydrogens is 335 g/mol. The van der Waals surface area contributed by atoms with Gasteiger partial charge in [0.25, 0.3) is 0 Å². The molecule has 2 aromatic carbocycles. The zero-order chi connectivity index (χ0) is 18.5. The van der Waals surface area contributed by atoms with Gasteiger partial charge in [-0.05, 0) is 48.0 Å². The SMILES string of the molecule is COc1ccc(C=Nc2c(C#N)ncn2-c2ccc(F)cc2)cc1OC. The lowest BCUT2D eigenvalue weighted by molar-refractivity contribution is 0.355. The summed E-state index contributed by atoms with van der Waals surface area (Å²) in [5.74, 6) is 1.20. The Morgan fingerprint density at radius 3 is 2.50 bits per heavy atom. The molecule has 1 heterocycles. The molecule has 0 N–H and O–H groups in total. The molecule has 0 amide bonds. The maximum absolute atomic E-state index is 13.1. The maximum Gasteiger partial charge on any atom is 0.185 e. The number of nitrogens with zero attached hydrogens (tertiary/aromatic N) is 4. The van der Waals surface area contributed by atoms with Gasteiger partial charge in [-0.3, -0.25) is 4.57 Å². The first-order valence-corrected chi connectivity index (χ1v) is 7.65. The van der Waals surface area contributed by atoms with Crippen LogP contribution in [0.5, 0.6) is 11.5 Å². The number of methoxy groups -OCH3 is 2. The molecule has 0 unspecified atom stereocenters. The van der Waals surface area contributed by atoms with Crippen molar-refractivity contribution < 1.29 is 13.9 Å². The summed E-state index contributed by atoms with van der Waals surface area (Å²) in [7, 11) is 3.11. The van der Waals surface area contributed by atoms with Crippen molar-refractivity contribution in [3.63, 3.8) is 0 Å². The van der Waals surface area contributed by atoms with Gasteiger partial charge in [0, 0.05) is 11.9 Å². The van der Waals surface area contributed by atoms with Crippen LogP contribution in [-0.2, 0) is 0 Å². The Bertz CT molecular complexity index is 988. The summed E-state index contributed by atoms with van der Waals surface area (Å²) in [6.07, 6.45) is 3.08. The van der Waals surface area contributed by atoms with E-state index in [-0.39, 0.29) is 11.5 Å². The van der Waals surface area contributed by atoms with Crippen LogP contribution in [-0.4, -0.2) is 30.0 Å². The van der Waals surface area contributed by atoms with E-state index < -0.39 is 0 Å². The summed E-state index contributed by atoms with van der Waals surface area (Å²) >= 11 is 0. The molecule has 7 heteroatoms. The first kappa shape index (κ1) is 17.2. The van der Waals surface area contributed by atoms with E-state index in [1.54, 1.807) is 49.3 Å². The lowest BCUT2D eigenvalue weighted by Crippen LogP contribution is -1.94. The average Bonchev–Trinajstić information content (AvgIpc) is 3.09. The number of rotatable bonds is 5. The summed E-state index contributed by atoms with van der Waals surface area (Å²) in [4.78, 5) is 8.46. The summed E-state index contributed by atoms with van der Waals surface area (Å²) in [6, 6.07) is 13.2. The van der Waals surface area contributed by atoms with Gasteiger partial charge in [-0.15, -0.1) is 0 Å². The van der Waals surface area contributed by atoms with Crippen molar-refractivity contribution in [1.29, 1.82) is 5.26 Å². The molecule has 0 fully saturated rings. The fourth-order valence-electron chi connectivity index (χ4n) is 2.40. The molecule has 6 nitrogen and oxygen atoms in total. The minimum Gasteiger partial charge on any atom is -0.493 e. The van der Waals surface area contributed by atoms with Crippen LogP contribution in [0.15, 0.2) is 53.8 Å². The van der Waals surface area contributed by atoms with Gasteiger partial charge in [0.05, 0.1) is 14.2 Å². The molecule has 3 aromatic rings. The van der Waals surface area contributed by atoms with E-state index in [4.69, 9.17) is 9.47 Å². The van der Waals surface area contributed by atoms with Crippen LogP contribution in [0.2, 0.25) is 0 Å². The second-order valence-corrected chi connectivity index (χ2v) is 5.25. The summed E-state index contributed by atoms with van der Waals surface area (Å²) in [6.45, 7) is 0. The average molecular weight is 350 g/mol. The van der Waals surface area contributed by atoms with Crippen molar-refractivity contribution in [1.82, 2.24) is 9.55 Å². The number of hydrogen-bond acceptors (Lipinski definition) is 5. The molecule has 3 rings (SSSR count). The predicted octanol–water partition coefficient (Wildman–Crippen LogP) is 3.65. The fraction of sp³-hybridized carbons (Fsp3) is 0.105. The zero-order valence-electron chi connectivity index (χ0n) is 14.2. The number of nitriles is 1. The highest BCUT2D eigenvalue weighted by Crippen LogP contribution is 2.28. The van der Waals surface area contributed by atoms with Gasteiger partial charge >= 0.3 is 0 Å². The Kier molecular flexibility index (Phi) is 4.94. The summed E-state index contributed by atoms with van der Waals surface area (Å²) in [5.41, 5.74) is 1.59. The zero-order valence-corrected chi connectivity index (χ0v) is 14.2. The number of aromatic nitrogens is 2. The Hall–Kier alpha value is -3.66. The third-order valence-electron chi connectivity index (χ3n) is 3.70. The third kappa shape index (κ3) is 3.39. The van der Waals surface area contributed by atoms with Crippen LogP contribution in [0.3, 0.4) is 0 Å². The number of hydrogen-bond donors (Lipinski definition) is 0. The molecule has 1 aromatic heterocycles. The molecule has 0 radical (unpaired) electrons. The van der Waals surface area contributed by atoms with Gasteiger partial charge in [0.15, 0.2) is 23.0 Å². The molecule has 0 saturated heterocycles. The van der Waals surface area contributed by atoms with E-state index in [1.807, 2.05) is 12.1 Å². The van der Waals surface area contributed by atoms with Gasteiger partial charge in [0.1, 0.15) is 18.2 Å². The smallest absolute Gasteiger partial charge is 0.185 e. The van der Waals surface area contributed by atoms with E-state index in [1.165, 1.54) is 18.5 Å². The van der Waals surface area contributed by atoms with Crippen LogP contribution in [0.1, 0.15) is 11.3 Å². The van der Waals surface area contributed by atoms with Crippen molar-refractivity contribution in [3.8, 4) is 23.3 Å². The molecule has 0 bridgehead atoms.